The lowest BCUT2D eigenvalue weighted by atomic mass is 10.2. The van der Waals surface area contributed by atoms with Crippen LogP contribution < -0.4 is 5.56 Å². The molecule has 1 saturated carbocycles. The number of halogens is 1. The van der Waals surface area contributed by atoms with Crippen molar-refractivity contribution in [1.82, 2.24) is 9.55 Å². The van der Waals surface area contributed by atoms with Gasteiger partial charge < -0.3 is 4.98 Å². The van der Waals surface area contributed by atoms with Gasteiger partial charge in [-0.15, -0.1) is 0 Å². The largest absolute Gasteiger partial charge is 0.331 e. The number of nitrogens with zero attached hydrogens (tertiary/aromatic N) is 1. The van der Waals surface area contributed by atoms with Crippen LogP contribution in [0.25, 0.3) is 10.9 Å². The second-order valence-electron chi connectivity index (χ2n) is 4.73. The minimum atomic E-state index is -0.00248. The molecule has 1 aromatic heterocycles. The van der Waals surface area contributed by atoms with Gasteiger partial charge in [-0.3, -0.25) is 9.36 Å². The van der Waals surface area contributed by atoms with Crippen molar-refractivity contribution >= 4 is 34.7 Å². The molecule has 1 aromatic carbocycles. The molecule has 18 heavy (non-hydrogen) atoms. The molecule has 5 heteroatoms. The molecule has 1 aliphatic rings. The third-order valence-electron chi connectivity index (χ3n) is 3.58. The molecule has 2 aromatic rings. The van der Waals surface area contributed by atoms with Gasteiger partial charge in [0, 0.05) is 11.1 Å². The summed E-state index contributed by atoms with van der Waals surface area (Å²) in [6.07, 6.45) is 4.42. The third-order valence-corrected chi connectivity index (χ3v) is 4.11. The van der Waals surface area contributed by atoms with Crippen molar-refractivity contribution in [1.29, 1.82) is 0 Å². The minimum absolute atomic E-state index is 0.00248. The molecule has 0 radical (unpaired) electrons. The van der Waals surface area contributed by atoms with E-state index < -0.39 is 0 Å². The molecule has 1 fully saturated rings. The van der Waals surface area contributed by atoms with Gasteiger partial charge in [-0.25, -0.2) is 0 Å². The summed E-state index contributed by atoms with van der Waals surface area (Å²) in [4.78, 5) is 15.6. The SMILES string of the molecule is O=c1c2ccc(Cl)cc2[nH]c(=S)n1C1CCCC1. The topological polar surface area (TPSA) is 37.8 Å². The Morgan fingerprint density at radius 1 is 1.33 bits per heavy atom. The number of rotatable bonds is 1. The van der Waals surface area contributed by atoms with E-state index in [9.17, 15) is 4.79 Å². The van der Waals surface area contributed by atoms with Gasteiger partial charge in [-0.1, -0.05) is 24.4 Å². The molecule has 0 amide bonds. The second kappa shape index (κ2) is 4.52. The van der Waals surface area contributed by atoms with Crippen molar-refractivity contribution in [3.05, 3.63) is 38.3 Å². The van der Waals surface area contributed by atoms with Crippen molar-refractivity contribution in [2.45, 2.75) is 31.7 Å². The molecule has 94 valence electrons. The van der Waals surface area contributed by atoms with Crippen LogP contribution in [0.5, 0.6) is 0 Å². The number of benzene rings is 1. The molecule has 1 heterocycles. The molecule has 0 atom stereocenters. The molecular formula is C13H13ClN2OS. The molecule has 0 spiro atoms. The van der Waals surface area contributed by atoms with Crippen LogP contribution in [0.1, 0.15) is 31.7 Å². The van der Waals surface area contributed by atoms with Crippen LogP contribution in [0.4, 0.5) is 0 Å². The lowest BCUT2D eigenvalue weighted by molar-refractivity contribution is 0.493. The van der Waals surface area contributed by atoms with Crippen LogP contribution in [0.2, 0.25) is 5.02 Å². The number of aromatic amines is 1. The molecule has 1 N–H and O–H groups in total. The Morgan fingerprint density at radius 2 is 2.06 bits per heavy atom. The minimum Gasteiger partial charge on any atom is -0.331 e. The maximum Gasteiger partial charge on any atom is 0.262 e. The van der Waals surface area contributed by atoms with Gasteiger partial charge in [0.2, 0.25) is 0 Å². The number of aromatic nitrogens is 2. The molecule has 1 aliphatic carbocycles. The average Bonchev–Trinajstić information content (AvgIpc) is 2.82. The van der Waals surface area contributed by atoms with E-state index in [0.717, 1.165) is 12.8 Å². The van der Waals surface area contributed by atoms with E-state index >= 15 is 0 Å². The summed E-state index contributed by atoms with van der Waals surface area (Å²) < 4.78 is 2.24. The smallest absolute Gasteiger partial charge is 0.262 e. The molecular weight excluding hydrogens is 268 g/mol. The third kappa shape index (κ3) is 1.89. The van der Waals surface area contributed by atoms with Gasteiger partial charge in [-0.05, 0) is 43.3 Å². The monoisotopic (exact) mass is 280 g/mol. The predicted molar refractivity (Wildman–Crippen MR) is 75.9 cm³/mol. The molecule has 0 unspecified atom stereocenters. The van der Waals surface area contributed by atoms with Crippen molar-refractivity contribution in [2.24, 2.45) is 0 Å². The van der Waals surface area contributed by atoms with Crippen LogP contribution in [0.3, 0.4) is 0 Å². The van der Waals surface area contributed by atoms with Crippen molar-refractivity contribution in [2.75, 3.05) is 0 Å². The second-order valence-corrected chi connectivity index (χ2v) is 5.56. The first-order valence-corrected chi connectivity index (χ1v) is 6.89. The molecule has 0 aliphatic heterocycles. The van der Waals surface area contributed by atoms with Gasteiger partial charge in [-0.2, -0.15) is 0 Å². The average molecular weight is 281 g/mol. The summed E-state index contributed by atoms with van der Waals surface area (Å²) >= 11 is 11.2. The Labute approximate surface area is 114 Å². The normalized spacial score (nSPS) is 16.5. The molecule has 0 saturated heterocycles. The summed E-state index contributed by atoms with van der Waals surface area (Å²) in [5.41, 5.74) is 0.712. The summed E-state index contributed by atoms with van der Waals surface area (Å²) in [5.74, 6) is 0. The van der Waals surface area contributed by atoms with Gasteiger partial charge in [0.15, 0.2) is 4.77 Å². The number of nitrogens with one attached hydrogen (secondary N) is 1. The van der Waals surface area contributed by atoms with E-state index in [1.165, 1.54) is 12.8 Å². The maximum atomic E-state index is 12.5. The molecule has 3 nitrogen and oxygen atoms in total. The van der Waals surface area contributed by atoms with Crippen LogP contribution in [0, 0.1) is 4.77 Å². The summed E-state index contributed by atoms with van der Waals surface area (Å²) in [6.45, 7) is 0. The Kier molecular flexibility index (Phi) is 2.99. The Morgan fingerprint density at radius 3 is 2.78 bits per heavy atom. The zero-order valence-corrected chi connectivity index (χ0v) is 11.4. The highest BCUT2D eigenvalue weighted by atomic mass is 35.5. The van der Waals surface area contributed by atoms with E-state index in [-0.39, 0.29) is 11.6 Å². The molecule has 0 bridgehead atoms. The first-order chi connectivity index (χ1) is 8.66. The van der Waals surface area contributed by atoms with Crippen LogP contribution in [-0.4, -0.2) is 9.55 Å². The van der Waals surface area contributed by atoms with E-state index in [2.05, 4.69) is 4.98 Å². The van der Waals surface area contributed by atoms with Crippen LogP contribution in [0.15, 0.2) is 23.0 Å². The summed E-state index contributed by atoms with van der Waals surface area (Å²) in [7, 11) is 0. The van der Waals surface area contributed by atoms with Crippen LogP contribution in [-0.2, 0) is 0 Å². The van der Waals surface area contributed by atoms with Crippen molar-refractivity contribution < 1.29 is 0 Å². The number of fused-ring (bicyclic) bond motifs is 1. The number of H-pyrrole nitrogens is 1. The highest BCUT2D eigenvalue weighted by Crippen LogP contribution is 2.28. The standard InChI is InChI=1S/C13H13ClN2OS/c14-8-5-6-10-11(7-8)15-13(18)16(12(10)17)9-3-1-2-4-9/h5-7,9H,1-4H2,(H,15,18). The van der Waals surface area contributed by atoms with Crippen molar-refractivity contribution in [3.8, 4) is 0 Å². The van der Waals surface area contributed by atoms with E-state index in [1.807, 2.05) is 0 Å². The van der Waals surface area contributed by atoms with Crippen LogP contribution >= 0.6 is 23.8 Å². The Hall–Kier alpha value is -1.13. The predicted octanol–water partition coefficient (Wildman–Crippen LogP) is 3.83. The summed E-state index contributed by atoms with van der Waals surface area (Å²) in [6, 6.07) is 5.49. The zero-order chi connectivity index (χ0) is 12.7. The Balaban J connectivity index is 2.30. The fourth-order valence-corrected chi connectivity index (χ4v) is 3.21. The van der Waals surface area contributed by atoms with E-state index in [4.69, 9.17) is 23.8 Å². The number of hydrogen-bond acceptors (Lipinski definition) is 2. The first kappa shape index (κ1) is 11.9. The number of hydrogen-bond donors (Lipinski definition) is 1. The molecule has 3 rings (SSSR count). The lowest BCUT2D eigenvalue weighted by Crippen LogP contribution is -2.25. The fraction of sp³-hybridized carbons (Fsp3) is 0.385. The first-order valence-electron chi connectivity index (χ1n) is 6.11. The van der Waals surface area contributed by atoms with Gasteiger partial charge in [0.05, 0.1) is 10.9 Å². The van der Waals surface area contributed by atoms with Gasteiger partial charge in [0.25, 0.3) is 5.56 Å². The van der Waals surface area contributed by atoms with Gasteiger partial charge >= 0.3 is 0 Å². The van der Waals surface area contributed by atoms with E-state index in [0.29, 0.717) is 20.7 Å². The van der Waals surface area contributed by atoms with Gasteiger partial charge in [0.1, 0.15) is 0 Å². The highest BCUT2D eigenvalue weighted by Gasteiger charge is 2.20. The lowest BCUT2D eigenvalue weighted by Gasteiger charge is -2.14. The highest BCUT2D eigenvalue weighted by molar-refractivity contribution is 7.71. The fourth-order valence-electron chi connectivity index (χ4n) is 2.70. The maximum absolute atomic E-state index is 12.5. The zero-order valence-electron chi connectivity index (χ0n) is 9.78. The summed E-state index contributed by atoms with van der Waals surface area (Å²) in [5, 5.41) is 1.26. The Bertz CT molecular complexity index is 713. The van der Waals surface area contributed by atoms with E-state index in [1.54, 1.807) is 22.8 Å². The van der Waals surface area contributed by atoms with Crippen molar-refractivity contribution in [3.63, 3.8) is 0 Å². The quantitative estimate of drug-likeness (QED) is 0.806.